The van der Waals surface area contributed by atoms with Crippen molar-refractivity contribution in [3.05, 3.63) is 47.1 Å². The largest absolute Gasteiger partial charge is 0.417 e. The first-order chi connectivity index (χ1) is 19.5. The van der Waals surface area contributed by atoms with Crippen molar-refractivity contribution in [3.8, 4) is 0 Å². The minimum absolute atomic E-state index is 0.0991. The third-order valence-corrected chi connectivity index (χ3v) is 8.46. The Morgan fingerprint density at radius 1 is 1.27 bits per heavy atom. The van der Waals surface area contributed by atoms with E-state index in [0.717, 1.165) is 43.8 Å². The van der Waals surface area contributed by atoms with Crippen LogP contribution in [0, 0.1) is 5.92 Å². The van der Waals surface area contributed by atoms with Gasteiger partial charge in [0.25, 0.3) is 0 Å². The van der Waals surface area contributed by atoms with Crippen molar-refractivity contribution in [2.75, 3.05) is 25.9 Å². The average Bonchev–Trinajstić information content (AvgIpc) is 3.59. The number of nitrogens with one attached hydrogen (secondary N) is 1. The van der Waals surface area contributed by atoms with E-state index in [4.69, 9.17) is 22.1 Å². The molecule has 4 atom stereocenters. The van der Waals surface area contributed by atoms with Gasteiger partial charge in [-0.15, -0.1) is 0 Å². The number of halogens is 4. The number of methoxy groups -OCH3 is 1. The molecule has 0 radical (unpaired) electrons. The van der Waals surface area contributed by atoms with E-state index in [1.54, 1.807) is 7.11 Å². The summed E-state index contributed by atoms with van der Waals surface area (Å²) in [6.45, 7) is 5.87. The minimum Gasteiger partial charge on any atom is -0.388 e. The van der Waals surface area contributed by atoms with Gasteiger partial charge in [-0.2, -0.15) is 13.2 Å². The normalized spacial score (nSPS) is 21.7. The molecule has 1 saturated carbocycles. The number of ether oxygens (including phenoxy) is 1. The van der Waals surface area contributed by atoms with Gasteiger partial charge in [-0.25, -0.2) is 15.0 Å². The predicted octanol–water partition coefficient (Wildman–Crippen LogP) is 5.23. The fourth-order valence-corrected chi connectivity index (χ4v) is 6.28. The van der Waals surface area contributed by atoms with Crippen molar-refractivity contribution in [3.63, 3.8) is 0 Å². The molecule has 0 unspecified atom stereocenters. The third kappa shape index (κ3) is 6.01. The molecule has 4 aromatic rings. The van der Waals surface area contributed by atoms with Crippen molar-refractivity contribution in [2.45, 2.75) is 70.0 Å². The molecule has 1 fully saturated rings. The number of nitrogens with zero attached hydrogens (tertiary/aromatic N) is 5. The van der Waals surface area contributed by atoms with Crippen LogP contribution in [-0.4, -0.2) is 73.0 Å². The highest BCUT2D eigenvalue weighted by Crippen LogP contribution is 2.40. The van der Waals surface area contributed by atoms with Crippen molar-refractivity contribution >= 4 is 39.5 Å². The number of aromatic amines is 1. The first kappa shape index (κ1) is 29.6. The fraction of sp³-hybridized carbons (Fsp3) is 0.536. The number of aliphatic hydroxyl groups is 1. The zero-order valence-corrected chi connectivity index (χ0v) is 24.0. The topological polar surface area (TPSA) is 118 Å². The summed E-state index contributed by atoms with van der Waals surface area (Å²) in [5, 5.41) is 11.6. The van der Waals surface area contributed by atoms with Crippen LogP contribution in [0.1, 0.15) is 50.5 Å². The monoisotopic (exact) mass is 593 g/mol. The number of aryl methyl sites for hydroxylation is 1. The molecule has 1 aromatic carbocycles. The van der Waals surface area contributed by atoms with Gasteiger partial charge in [0, 0.05) is 38.2 Å². The Morgan fingerprint density at radius 3 is 2.76 bits per heavy atom. The first-order valence-electron chi connectivity index (χ1n) is 13.7. The Hall–Kier alpha value is -2.93. The van der Waals surface area contributed by atoms with Crippen LogP contribution in [0.3, 0.4) is 0 Å². The van der Waals surface area contributed by atoms with E-state index >= 15 is 0 Å². The summed E-state index contributed by atoms with van der Waals surface area (Å²) < 4.78 is 47.4. The van der Waals surface area contributed by atoms with Gasteiger partial charge in [0.05, 0.1) is 39.2 Å². The van der Waals surface area contributed by atoms with Crippen molar-refractivity contribution in [1.29, 1.82) is 0 Å². The highest BCUT2D eigenvalue weighted by atomic mass is 35.5. The van der Waals surface area contributed by atoms with Crippen LogP contribution in [0.4, 0.5) is 19.0 Å². The summed E-state index contributed by atoms with van der Waals surface area (Å²) in [4.78, 5) is 18.3. The molecule has 0 aliphatic heterocycles. The number of hydrogen-bond acceptors (Lipinski definition) is 7. The number of aromatic nitrogens is 5. The summed E-state index contributed by atoms with van der Waals surface area (Å²) in [6.07, 6.45) is 0.783. The Kier molecular flexibility index (Phi) is 8.47. The average molecular weight is 594 g/mol. The Bertz CT molecular complexity index is 1510. The van der Waals surface area contributed by atoms with Crippen LogP contribution in [0.5, 0.6) is 0 Å². The number of nitrogens with two attached hydrogens (primary N) is 1. The van der Waals surface area contributed by atoms with E-state index in [9.17, 15) is 18.3 Å². The summed E-state index contributed by atoms with van der Waals surface area (Å²) in [6, 6.07) is 4.22. The maximum absolute atomic E-state index is 13.2. The number of rotatable bonds is 10. The second-order valence-corrected chi connectivity index (χ2v) is 11.5. The number of benzene rings is 1. The molecule has 1 aliphatic rings. The molecule has 0 amide bonds. The number of H-pyrrole nitrogens is 1. The predicted molar refractivity (Wildman–Crippen MR) is 152 cm³/mol. The molecule has 222 valence electrons. The summed E-state index contributed by atoms with van der Waals surface area (Å²) in [5.74, 6) is 1.14. The Balaban J connectivity index is 1.21. The van der Waals surface area contributed by atoms with Gasteiger partial charge in [0.1, 0.15) is 29.7 Å². The van der Waals surface area contributed by atoms with Gasteiger partial charge >= 0.3 is 6.18 Å². The first-order valence-corrected chi connectivity index (χ1v) is 14.1. The van der Waals surface area contributed by atoms with Crippen LogP contribution in [-0.2, 0) is 17.3 Å². The Morgan fingerprint density at radius 2 is 2.05 bits per heavy atom. The molecule has 3 aromatic heterocycles. The number of fused-ring (bicyclic) bond motifs is 2. The number of hydrogen-bond donors (Lipinski definition) is 3. The number of alkyl halides is 3. The number of unbranched alkanes of at least 4 members (excludes halogenated alkanes) is 1. The lowest BCUT2D eigenvalue weighted by molar-refractivity contribution is -0.137. The second-order valence-electron chi connectivity index (χ2n) is 11.0. The number of anilines is 1. The number of aliphatic hydroxyl groups excluding tert-OH is 1. The van der Waals surface area contributed by atoms with Crippen molar-refractivity contribution in [1.82, 2.24) is 29.4 Å². The molecule has 0 spiro atoms. The van der Waals surface area contributed by atoms with Crippen LogP contribution in [0.15, 0.2) is 30.7 Å². The fourth-order valence-electron chi connectivity index (χ4n) is 6.02. The van der Waals surface area contributed by atoms with E-state index in [0.29, 0.717) is 34.7 Å². The molecule has 0 saturated heterocycles. The lowest BCUT2D eigenvalue weighted by Gasteiger charge is -2.31. The molecule has 3 heterocycles. The van der Waals surface area contributed by atoms with Gasteiger partial charge in [0.2, 0.25) is 0 Å². The molecule has 13 heteroatoms. The maximum Gasteiger partial charge on any atom is 0.417 e. The van der Waals surface area contributed by atoms with E-state index in [1.807, 2.05) is 16.8 Å². The molecular formula is C28H35ClF3N7O2. The zero-order chi connectivity index (χ0) is 29.5. The van der Waals surface area contributed by atoms with Crippen LogP contribution >= 0.6 is 11.6 Å². The van der Waals surface area contributed by atoms with Crippen LogP contribution < -0.4 is 5.73 Å². The SMILES string of the molecule is CO[C@@H]1[C@@H](CN(CCCCc2nc3cc(Cl)c(C(F)(F)F)cc3[nH]2)C(C)C)C[C@@H](n2ccc3c(N)ncnc32)[C@@H]1O. The quantitative estimate of drug-likeness (QED) is 0.215. The molecule has 0 bridgehead atoms. The lowest BCUT2D eigenvalue weighted by Crippen LogP contribution is -2.40. The summed E-state index contributed by atoms with van der Waals surface area (Å²) in [5.41, 5.74) is 6.59. The highest BCUT2D eigenvalue weighted by Gasteiger charge is 2.44. The standard InChI is InChI=1S/C28H35ClF3N7O2/c1-15(2)38(8-5-4-6-23-36-20-11-18(28(30,31)32)19(29)12-21(20)37-23)13-16-10-22(24(40)25(16)41-3)39-9-7-17-26(33)34-14-35-27(17)39/h7,9,11-12,14-16,22,24-25,40H,4-6,8,10,13H2,1-3H3,(H,36,37)(H2,33,34,35)/t16-,22-,24+,25-/m1/s1. The third-order valence-electron chi connectivity index (χ3n) is 8.14. The van der Waals surface area contributed by atoms with Crippen molar-refractivity contribution in [2.24, 2.45) is 5.92 Å². The Labute approximate surface area is 240 Å². The van der Waals surface area contributed by atoms with E-state index in [1.165, 1.54) is 12.4 Å². The van der Waals surface area contributed by atoms with Crippen molar-refractivity contribution < 1.29 is 23.0 Å². The maximum atomic E-state index is 13.2. The molecule has 9 nitrogen and oxygen atoms in total. The number of nitrogen functional groups attached to an aromatic ring is 1. The molecule has 41 heavy (non-hydrogen) atoms. The summed E-state index contributed by atoms with van der Waals surface area (Å²) in [7, 11) is 1.63. The molecular weight excluding hydrogens is 559 g/mol. The zero-order valence-electron chi connectivity index (χ0n) is 23.2. The lowest BCUT2D eigenvalue weighted by atomic mass is 10.0. The van der Waals surface area contributed by atoms with E-state index in [2.05, 4.69) is 38.7 Å². The van der Waals surface area contributed by atoms with Crippen LogP contribution in [0.25, 0.3) is 22.1 Å². The van der Waals surface area contributed by atoms with Crippen LogP contribution in [0.2, 0.25) is 5.02 Å². The van der Waals surface area contributed by atoms with E-state index < -0.39 is 17.8 Å². The van der Waals surface area contributed by atoms with Gasteiger partial charge in [-0.3, -0.25) is 0 Å². The van der Waals surface area contributed by atoms with Gasteiger partial charge < -0.3 is 30.0 Å². The highest BCUT2D eigenvalue weighted by molar-refractivity contribution is 6.32. The van der Waals surface area contributed by atoms with Gasteiger partial charge in [-0.1, -0.05) is 11.6 Å². The minimum atomic E-state index is -4.52. The summed E-state index contributed by atoms with van der Waals surface area (Å²) >= 11 is 5.84. The second kappa shape index (κ2) is 11.7. The smallest absolute Gasteiger partial charge is 0.388 e. The molecule has 5 rings (SSSR count). The van der Waals surface area contributed by atoms with Gasteiger partial charge in [-0.05, 0) is 57.9 Å². The molecule has 4 N–H and O–H groups in total. The number of imidazole rings is 1. The molecule has 1 aliphatic carbocycles. The van der Waals surface area contributed by atoms with E-state index in [-0.39, 0.29) is 29.1 Å². The van der Waals surface area contributed by atoms with Gasteiger partial charge in [0.15, 0.2) is 0 Å².